The summed E-state index contributed by atoms with van der Waals surface area (Å²) in [6, 6.07) is 20.9. The van der Waals surface area contributed by atoms with Crippen LogP contribution < -0.4 is 0 Å². The van der Waals surface area contributed by atoms with Gasteiger partial charge in [0.05, 0.1) is 12.7 Å². The van der Waals surface area contributed by atoms with E-state index in [4.69, 9.17) is 9.15 Å². The zero-order valence-electron chi connectivity index (χ0n) is 13.4. The molecule has 1 aromatic heterocycles. The molecule has 0 radical (unpaired) electrons. The van der Waals surface area contributed by atoms with E-state index in [1.807, 2.05) is 18.2 Å². The Kier molecular flexibility index (Phi) is 4.72. The van der Waals surface area contributed by atoms with Crippen molar-refractivity contribution >= 4 is 22.6 Å². The highest BCUT2D eigenvalue weighted by Crippen LogP contribution is 2.38. The minimum Gasteiger partial charge on any atom is -0.461 e. The van der Waals surface area contributed by atoms with Crippen LogP contribution in [0.4, 0.5) is 0 Å². The van der Waals surface area contributed by atoms with E-state index in [1.165, 1.54) is 14.7 Å². The third-order valence-electron chi connectivity index (χ3n) is 4.51. The SMILES string of the molecule is Ic1ccccc1CO[C@H]1CCCc2oc(-c3ccccc3)cc21. The van der Waals surface area contributed by atoms with E-state index in [-0.39, 0.29) is 6.10 Å². The molecule has 24 heavy (non-hydrogen) atoms. The second-order valence-electron chi connectivity index (χ2n) is 6.14. The van der Waals surface area contributed by atoms with E-state index in [9.17, 15) is 0 Å². The lowest BCUT2D eigenvalue weighted by molar-refractivity contribution is 0.0264. The molecule has 0 aliphatic heterocycles. The molecule has 1 aliphatic carbocycles. The monoisotopic (exact) mass is 430 g/mol. The van der Waals surface area contributed by atoms with Crippen molar-refractivity contribution in [3.05, 3.63) is 81.1 Å². The molecule has 2 aromatic carbocycles. The van der Waals surface area contributed by atoms with E-state index in [0.29, 0.717) is 6.61 Å². The number of hydrogen-bond donors (Lipinski definition) is 0. The number of benzene rings is 2. The lowest BCUT2D eigenvalue weighted by Gasteiger charge is -2.22. The Hall–Kier alpha value is -1.59. The van der Waals surface area contributed by atoms with E-state index >= 15 is 0 Å². The van der Waals surface area contributed by atoms with Crippen molar-refractivity contribution < 1.29 is 9.15 Å². The van der Waals surface area contributed by atoms with Crippen LogP contribution >= 0.6 is 22.6 Å². The number of furan rings is 1. The Bertz CT molecular complexity index is 823. The first-order valence-electron chi connectivity index (χ1n) is 8.34. The number of halogens is 1. The van der Waals surface area contributed by atoms with Gasteiger partial charge in [-0.05, 0) is 53.1 Å². The van der Waals surface area contributed by atoms with Crippen LogP contribution in [0.15, 0.2) is 65.1 Å². The lowest BCUT2D eigenvalue weighted by atomic mass is 9.95. The second kappa shape index (κ2) is 7.11. The summed E-state index contributed by atoms with van der Waals surface area (Å²) in [5.74, 6) is 2.04. The standard InChI is InChI=1S/C21H19IO2/c22-18-10-5-4-9-16(18)14-23-19-11-6-12-20-17(19)13-21(24-20)15-7-2-1-3-8-15/h1-5,7-10,13,19H,6,11-12,14H2/t19-/m0/s1. The molecule has 122 valence electrons. The van der Waals surface area contributed by atoms with Crippen molar-refractivity contribution in [3.8, 4) is 11.3 Å². The van der Waals surface area contributed by atoms with Crippen molar-refractivity contribution in [1.82, 2.24) is 0 Å². The Morgan fingerprint density at radius 2 is 1.83 bits per heavy atom. The van der Waals surface area contributed by atoms with Crippen molar-refractivity contribution in [2.45, 2.75) is 32.0 Å². The molecule has 1 heterocycles. The predicted octanol–water partition coefficient (Wildman–Crippen LogP) is 6.15. The minimum absolute atomic E-state index is 0.131. The zero-order chi connectivity index (χ0) is 16.4. The third kappa shape index (κ3) is 3.28. The van der Waals surface area contributed by atoms with Crippen LogP contribution in [0.25, 0.3) is 11.3 Å². The first kappa shape index (κ1) is 15.9. The first-order chi connectivity index (χ1) is 11.8. The van der Waals surface area contributed by atoms with Crippen molar-refractivity contribution in [1.29, 1.82) is 0 Å². The van der Waals surface area contributed by atoms with Gasteiger partial charge in [-0.15, -0.1) is 0 Å². The van der Waals surface area contributed by atoms with Crippen LogP contribution in [0.2, 0.25) is 0 Å². The summed E-state index contributed by atoms with van der Waals surface area (Å²) in [4.78, 5) is 0. The van der Waals surface area contributed by atoms with Gasteiger partial charge in [-0.25, -0.2) is 0 Å². The van der Waals surface area contributed by atoms with Crippen LogP contribution in [0.5, 0.6) is 0 Å². The predicted molar refractivity (Wildman–Crippen MR) is 104 cm³/mol. The van der Waals surface area contributed by atoms with Crippen LogP contribution in [-0.2, 0) is 17.8 Å². The molecule has 0 unspecified atom stereocenters. The van der Waals surface area contributed by atoms with Crippen LogP contribution in [0.1, 0.15) is 35.8 Å². The molecule has 0 bridgehead atoms. The molecule has 0 N–H and O–H groups in total. The summed E-state index contributed by atoms with van der Waals surface area (Å²) in [5.41, 5.74) is 3.60. The molecule has 0 saturated heterocycles. The van der Waals surface area contributed by atoms with Gasteiger partial charge in [-0.1, -0.05) is 48.5 Å². The van der Waals surface area contributed by atoms with Gasteiger partial charge in [0, 0.05) is 21.1 Å². The number of rotatable bonds is 4. The van der Waals surface area contributed by atoms with Gasteiger partial charge in [-0.2, -0.15) is 0 Å². The molecule has 3 aromatic rings. The Morgan fingerprint density at radius 1 is 1.04 bits per heavy atom. The summed E-state index contributed by atoms with van der Waals surface area (Å²) >= 11 is 2.37. The maximum absolute atomic E-state index is 6.26. The lowest BCUT2D eigenvalue weighted by Crippen LogP contribution is -2.11. The van der Waals surface area contributed by atoms with Gasteiger partial charge in [0.15, 0.2) is 0 Å². The summed E-state index contributed by atoms with van der Waals surface area (Å²) in [6.07, 6.45) is 3.31. The average molecular weight is 430 g/mol. The average Bonchev–Trinajstić information content (AvgIpc) is 3.07. The maximum atomic E-state index is 6.26. The number of aryl methyl sites for hydroxylation is 1. The fourth-order valence-corrected chi connectivity index (χ4v) is 3.78. The highest BCUT2D eigenvalue weighted by molar-refractivity contribution is 14.1. The number of hydrogen-bond acceptors (Lipinski definition) is 2. The van der Waals surface area contributed by atoms with Crippen LogP contribution in [0, 0.1) is 3.57 Å². The number of fused-ring (bicyclic) bond motifs is 1. The first-order valence-corrected chi connectivity index (χ1v) is 9.42. The van der Waals surface area contributed by atoms with E-state index in [1.54, 1.807) is 0 Å². The van der Waals surface area contributed by atoms with Crippen molar-refractivity contribution in [2.24, 2.45) is 0 Å². The topological polar surface area (TPSA) is 22.4 Å². The Morgan fingerprint density at radius 3 is 2.67 bits per heavy atom. The largest absolute Gasteiger partial charge is 0.461 e. The molecule has 0 saturated carbocycles. The highest BCUT2D eigenvalue weighted by atomic mass is 127. The maximum Gasteiger partial charge on any atom is 0.134 e. The summed E-state index contributed by atoms with van der Waals surface area (Å²) < 4.78 is 13.6. The van der Waals surface area contributed by atoms with Gasteiger partial charge >= 0.3 is 0 Å². The van der Waals surface area contributed by atoms with Crippen molar-refractivity contribution in [2.75, 3.05) is 0 Å². The highest BCUT2D eigenvalue weighted by Gasteiger charge is 2.25. The van der Waals surface area contributed by atoms with Gasteiger partial charge < -0.3 is 9.15 Å². The minimum atomic E-state index is 0.131. The molecule has 1 aliphatic rings. The third-order valence-corrected chi connectivity index (χ3v) is 5.57. The zero-order valence-corrected chi connectivity index (χ0v) is 15.5. The van der Waals surface area contributed by atoms with Crippen LogP contribution in [0.3, 0.4) is 0 Å². The smallest absolute Gasteiger partial charge is 0.134 e. The molecular formula is C21H19IO2. The van der Waals surface area contributed by atoms with E-state index < -0.39 is 0 Å². The Balaban J connectivity index is 1.55. The van der Waals surface area contributed by atoms with Crippen LogP contribution in [-0.4, -0.2) is 0 Å². The molecule has 4 rings (SSSR count). The van der Waals surface area contributed by atoms with Gasteiger partial charge in [0.1, 0.15) is 11.5 Å². The Labute approximate surface area is 156 Å². The van der Waals surface area contributed by atoms with Gasteiger partial charge in [-0.3, -0.25) is 0 Å². The molecule has 0 amide bonds. The van der Waals surface area contributed by atoms with Gasteiger partial charge in [0.25, 0.3) is 0 Å². The molecular weight excluding hydrogens is 411 g/mol. The van der Waals surface area contributed by atoms with E-state index in [2.05, 4.69) is 65.1 Å². The second-order valence-corrected chi connectivity index (χ2v) is 7.30. The summed E-state index contributed by atoms with van der Waals surface area (Å²) in [6.45, 7) is 0.648. The van der Waals surface area contributed by atoms with Crippen molar-refractivity contribution in [3.63, 3.8) is 0 Å². The quantitative estimate of drug-likeness (QED) is 0.464. The van der Waals surface area contributed by atoms with E-state index in [0.717, 1.165) is 36.3 Å². The number of ether oxygens (including phenoxy) is 1. The summed E-state index contributed by atoms with van der Waals surface area (Å²) in [5, 5.41) is 0. The fraction of sp³-hybridized carbons (Fsp3) is 0.238. The molecule has 0 spiro atoms. The normalized spacial score (nSPS) is 16.8. The molecule has 0 fully saturated rings. The molecule has 1 atom stereocenters. The van der Waals surface area contributed by atoms with Gasteiger partial charge in [0.2, 0.25) is 0 Å². The summed E-state index contributed by atoms with van der Waals surface area (Å²) in [7, 11) is 0. The fourth-order valence-electron chi connectivity index (χ4n) is 3.24. The molecule has 3 heteroatoms. The molecule has 2 nitrogen and oxygen atoms in total.